The molecular weight excluding hydrogens is 270 g/mol. The second-order valence-corrected chi connectivity index (χ2v) is 5.16. The van der Waals surface area contributed by atoms with Crippen molar-refractivity contribution in [2.75, 3.05) is 6.54 Å². The fraction of sp³-hybridized carbons (Fsp3) is 0.375. The van der Waals surface area contributed by atoms with E-state index in [0.29, 0.717) is 5.02 Å². The molecule has 0 fully saturated rings. The summed E-state index contributed by atoms with van der Waals surface area (Å²) in [6.45, 7) is 5.12. The molecule has 0 aromatic carbocycles. The van der Waals surface area contributed by atoms with Gasteiger partial charge in [-0.05, 0) is 36.7 Å². The SMILES string of the molecule is CCNC(Cc1ccc(CC)cn1)c1ccc(Cl)cn1. The Kier molecular flexibility index (Phi) is 5.50. The van der Waals surface area contributed by atoms with E-state index in [1.165, 1.54) is 5.56 Å². The topological polar surface area (TPSA) is 37.8 Å². The number of hydrogen-bond acceptors (Lipinski definition) is 3. The summed E-state index contributed by atoms with van der Waals surface area (Å²) >= 11 is 5.89. The monoisotopic (exact) mass is 289 g/mol. The Morgan fingerprint density at radius 2 is 1.95 bits per heavy atom. The van der Waals surface area contributed by atoms with Crippen molar-refractivity contribution in [1.82, 2.24) is 15.3 Å². The van der Waals surface area contributed by atoms with E-state index in [1.54, 1.807) is 6.20 Å². The highest BCUT2D eigenvalue weighted by atomic mass is 35.5. The van der Waals surface area contributed by atoms with Gasteiger partial charge in [-0.3, -0.25) is 9.97 Å². The van der Waals surface area contributed by atoms with Crippen molar-refractivity contribution in [3.63, 3.8) is 0 Å². The molecule has 0 aliphatic rings. The van der Waals surface area contributed by atoms with Crippen LogP contribution in [0.5, 0.6) is 0 Å². The minimum atomic E-state index is 0.164. The van der Waals surface area contributed by atoms with Gasteiger partial charge in [-0.1, -0.05) is 31.5 Å². The van der Waals surface area contributed by atoms with Crippen molar-refractivity contribution in [3.8, 4) is 0 Å². The maximum atomic E-state index is 5.89. The predicted molar refractivity (Wildman–Crippen MR) is 83.0 cm³/mol. The summed E-state index contributed by atoms with van der Waals surface area (Å²) in [6, 6.07) is 8.25. The number of aryl methyl sites for hydroxylation is 1. The van der Waals surface area contributed by atoms with E-state index in [-0.39, 0.29) is 6.04 Å². The molecule has 2 heterocycles. The zero-order valence-electron chi connectivity index (χ0n) is 11.9. The molecular formula is C16H20ClN3. The number of nitrogens with zero attached hydrogens (tertiary/aromatic N) is 2. The molecule has 2 aromatic heterocycles. The quantitative estimate of drug-likeness (QED) is 0.883. The molecule has 0 saturated heterocycles. The minimum Gasteiger partial charge on any atom is -0.309 e. The molecule has 1 atom stereocenters. The largest absolute Gasteiger partial charge is 0.309 e. The molecule has 0 bridgehead atoms. The molecule has 4 heteroatoms. The zero-order valence-corrected chi connectivity index (χ0v) is 12.7. The van der Waals surface area contributed by atoms with Crippen molar-refractivity contribution in [3.05, 3.63) is 58.6 Å². The van der Waals surface area contributed by atoms with Gasteiger partial charge in [-0.2, -0.15) is 0 Å². The van der Waals surface area contributed by atoms with E-state index in [9.17, 15) is 0 Å². The van der Waals surface area contributed by atoms with Gasteiger partial charge in [0.1, 0.15) is 0 Å². The Morgan fingerprint density at radius 1 is 1.10 bits per heavy atom. The van der Waals surface area contributed by atoms with Gasteiger partial charge in [0.25, 0.3) is 0 Å². The summed E-state index contributed by atoms with van der Waals surface area (Å²) < 4.78 is 0. The molecule has 20 heavy (non-hydrogen) atoms. The third-order valence-corrected chi connectivity index (χ3v) is 3.49. The lowest BCUT2D eigenvalue weighted by Gasteiger charge is -2.17. The lowest BCUT2D eigenvalue weighted by molar-refractivity contribution is 0.531. The van der Waals surface area contributed by atoms with Crippen molar-refractivity contribution >= 4 is 11.6 Å². The first-order valence-corrected chi connectivity index (χ1v) is 7.39. The Balaban J connectivity index is 2.13. The second-order valence-electron chi connectivity index (χ2n) is 4.73. The Morgan fingerprint density at radius 3 is 2.50 bits per heavy atom. The van der Waals surface area contributed by atoms with Crippen molar-refractivity contribution < 1.29 is 0 Å². The molecule has 106 valence electrons. The fourth-order valence-electron chi connectivity index (χ4n) is 2.12. The standard InChI is InChI=1S/C16H20ClN3/c1-3-12-5-7-14(19-10-12)9-16(18-4-2)15-8-6-13(17)11-20-15/h5-8,10-11,16,18H,3-4,9H2,1-2H3. The normalized spacial score (nSPS) is 12.3. The van der Waals surface area contributed by atoms with Crippen LogP contribution in [-0.2, 0) is 12.8 Å². The van der Waals surface area contributed by atoms with Crippen LogP contribution in [0.4, 0.5) is 0 Å². The Bertz CT molecular complexity index is 522. The number of aromatic nitrogens is 2. The number of nitrogens with one attached hydrogen (secondary N) is 1. The highest BCUT2D eigenvalue weighted by Crippen LogP contribution is 2.17. The van der Waals surface area contributed by atoms with E-state index in [0.717, 1.165) is 30.8 Å². The summed E-state index contributed by atoms with van der Waals surface area (Å²) in [5.74, 6) is 0. The van der Waals surface area contributed by atoms with Crippen LogP contribution in [0, 0.1) is 0 Å². The molecule has 0 saturated carbocycles. The van der Waals surface area contributed by atoms with Crippen LogP contribution in [0.1, 0.15) is 36.8 Å². The summed E-state index contributed by atoms with van der Waals surface area (Å²) in [4.78, 5) is 8.93. The van der Waals surface area contributed by atoms with Gasteiger partial charge in [-0.25, -0.2) is 0 Å². The molecule has 1 unspecified atom stereocenters. The predicted octanol–water partition coefficient (Wildman–Crippen LogP) is 3.59. The van der Waals surface area contributed by atoms with Gasteiger partial charge in [0.15, 0.2) is 0 Å². The minimum absolute atomic E-state index is 0.164. The number of likely N-dealkylation sites (N-methyl/N-ethyl adjacent to an activating group) is 1. The van der Waals surface area contributed by atoms with E-state index in [2.05, 4.69) is 41.3 Å². The molecule has 0 amide bonds. The first-order chi connectivity index (χ1) is 9.72. The van der Waals surface area contributed by atoms with Crippen molar-refractivity contribution in [2.24, 2.45) is 0 Å². The first-order valence-electron chi connectivity index (χ1n) is 7.01. The van der Waals surface area contributed by atoms with Gasteiger partial charge in [0.05, 0.1) is 16.8 Å². The van der Waals surface area contributed by atoms with Crippen LogP contribution < -0.4 is 5.32 Å². The molecule has 0 aliphatic heterocycles. The van der Waals surface area contributed by atoms with Crippen molar-refractivity contribution in [2.45, 2.75) is 32.7 Å². The Labute approximate surface area is 125 Å². The van der Waals surface area contributed by atoms with Crippen LogP contribution >= 0.6 is 11.6 Å². The Hall–Kier alpha value is -1.45. The number of halogens is 1. The lowest BCUT2D eigenvalue weighted by atomic mass is 10.1. The number of hydrogen-bond donors (Lipinski definition) is 1. The van der Waals surface area contributed by atoms with Gasteiger partial charge >= 0.3 is 0 Å². The van der Waals surface area contributed by atoms with Gasteiger partial charge in [-0.15, -0.1) is 0 Å². The molecule has 3 nitrogen and oxygen atoms in total. The van der Waals surface area contributed by atoms with E-state index in [1.807, 2.05) is 18.3 Å². The first kappa shape index (κ1) is 14.9. The third kappa shape index (κ3) is 4.02. The lowest BCUT2D eigenvalue weighted by Crippen LogP contribution is -2.24. The van der Waals surface area contributed by atoms with Crippen LogP contribution in [-0.4, -0.2) is 16.5 Å². The molecule has 2 aromatic rings. The number of pyridine rings is 2. The van der Waals surface area contributed by atoms with E-state index < -0.39 is 0 Å². The maximum Gasteiger partial charge on any atom is 0.0589 e. The molecule has 1 N–H and O–H groups in total. The zero-order chi connectivity index (χ0) is 14.4. The summed E-state index contributed by atoms with van der Waals surface area (Å²) in [5, 5.41) is 4.11. The average molecular weight is 290 g/mol. The van der Waals surface area contributed by atoms with Crippen LogP contribution in [0.2, 0.25) is 5.02 Å². The summed E-state index contributed by atoms with van der Waals surface area (Å²) in [5.41, 5.74) is 3.33. The van der Waals surface area contributed by atoms with Crippen LogP contribution in [0.25, 0.3) is 0 Å². The van der Waals surface area contributed by atoms with E-state index >= 15 is 0 Å². The second kappa shape index (κ2) is 7.36. The van der Waals surface area contributed by atoms with Crippen LogP contribution in [0.3, 0.4) is 0 Å². The molecule has 2 rings (SSSR count). The summed E-state index contributed by atoms with van der Waals surface area (Å²) in [6.07, 6.45) is 5.48. The van der Waals surface area contributed by atoms with Gasteiger partial charge in [0, 0.05) is 24.5 Å². The molecule has 0 aliphatic carbocycles. The van der Waals surface area contributed by atoms with Gasteiger partial charge in [0.2, 0.25) is 0 Å². The smallest absolute Gasteiger partial charge is 0.0589 e. The fourth-order valence-corrected chi connectivity index (χ4v) is 2.23. The van der Waals surface area contributed by atoms with E-state index in [4.69, 9.17) is 11.6 Å². The van der Waals surface area contributed by atoms with Crippen LogP contribution in [0.15, 0.2) is 36.7 Å². The maximum absolute atomic E-state index is 5.89. The number of rotatable bonds is 6. The highest BCUT2D eigenvalue weighted by molar-refractivity contribution is 6.30. The average Bonchev–Trinajstić information content (AvgIpc) is 2.48. The molecule has 0 radical (unpaired) electrons. The van der Waals surface area contributed by atoms with Crippen molar-refractivity contribution in [1.29, 1.82) is 0 Å². The summed E-state index contributed by atoms with van der Waals surface area (Å²) in [7, 11) is 0. The van der Waals surface area contributed by atoms with Gasteiger partial charge < -0.3 is 5.32 Å². The molecule has 0 spiro atoms. The highest BCUT2D eigenvalue weighted by Gasteiger charge is 2.13. The third-order valence-electron chi connectivity index (χ3n) is 3.27.